The Hall–Kier alpha value is -4.05. The van der Waals surface area contributed by atoms with E-state index >= 15 is 0 Å². The number of benzene rings is 3. The standard InChI is InChI=1S/C32H28Cl2N2O6S/c1-4-40-25-14-20(11-12-24(25)42-17-19-9-7-6-8-10-19)28-27(31(39)41-5-2)18(3)36-30(38)26(43-32(36)35-28)15-21-13-22(33)16-23(34)29(21)37/h6-16,28,37H,4-5,17H2,1-3H3/b26-15-/t28-/m1/s1. The Morgan fingerprint density at radius 1 is 1.05 bits per heavy atom. The molecule has 5 rings (SSSR count). The average molecular weight is 640 g/mol. The SMILES string of the molecule is CCOC(=O)C1=C(C)n2c(s/c(=C\c3cc(Cl)cc(Cl)c3O)c2=O)=N[C@@H]1c1ccc(OCc2ccccc2)c(OCC)c1. The van der Waals surface area contributed by atoms with E-state index in [0.717, 1.165) is 16.9 Å². The van der Waals surface area contributed by atoms with E-state index in [1.165, 1.54) is 22.8 Å². The van der Waals surface area contributed by atoms with E-state index in [4.69, 9.17) is 42.4 Å². The maximum Gasteiger partial charge on any atom is 0.338 e. The van der Waals surface area contributed by atoms with E-state index in [2.05, 4.69) is 0 Å². The number of thiazole rings is 1. The Morgan fingerprint density at radius 2 is 1.81 bits per heavy atom. The van der Waals surface area contributed by atoms with Crippen molar-refractivity contribution < 1.29 is 24.1 Å². The number of esters is 1. The zero-order chi connectivity index (χ0) is 30.7. The predicted octanol–water partition coefficient (Wildman–Crippen LogP) is 5.90. The van der Waals surface area contributed by atoms with Gasteiger partial charge in [-0.3, -0.25) is 9.36 Å². The van der Waals surface area contributed by atoms with Crippen molar-refractivity contribution in [2.45, 2.75) is 33.4 Å². The molecule has 0 radical (unpaired) electrons. The van der Waals surface area contributed by atoms with Gasteiger partial charge in [-0.15, -0.1) is 0 Å². The van der Waals surface area contributed by atoms with Crippen molar-refractivity contribution >= 4 is 52.3 Å². The minimum absolute atomic E-state index is 0.0619. The molecule has 1 N–H and O–H groups in total. The number of ether oxygens (including phenoxy) is 3. The van der Waals surface area contributed by atoms with Crippen LogP contribution in [0.15, 0.2) is 76.0 Å². The Morgan fingerprint density at radius 3 is 2.53 bits per heavy atom. The summed E-state index contributed by atoms with van der Waals surface area (Å²) in [5.74, 6) is 0.274. The highest BCUT2D eigenvalue weighted by Crippen LogP contribution is 2.38. The number of carbonyl (C=O) groups excluding carboxylic acids is 1. The number of phenols is 1. The first-order valence-electron chi connectivity index (χ1n) is 13.5. The summed E-state index contributed by atoms with van der Waals surface area (Å²) in [4.78, 5) is 32.1. The number of aromatic nitrogens is 1. The fourth-order valence-corrected chi connectivity index (χ4v) is 6.25. The molecule has 4 aromatic rings. The lowest BCUT2D eigenvalue weighted by atomic mass is 9.96. The second-order valence-electron chi connectivity index (χ2n) is 9.52. The topological polar surface area (TPSA) is 99.4 Å². The van der Waals surface area contributed by atoms with Gasteiger partial charge in [0, 0.05) is 16.3 Å². The molecular formula is C32H28Cl2N2O6S. The third kappa shape index (κ3) is 6.34. The summed E-state index contributed by atoms with van der Waals surface area (Å²) in [7, 11) is 0. The van der Waals surface area contributed by atoms with Crippen LogP contribution < -0.4 is 24.4 Å². The molecule has 0 spiro atoms. The molecule has 0 saturated heterocycles. The molecule has 11 heteroatoms. The van der Waals surface area contributed by atoms with Crippen LogP contribution in [0.5, 0.6) is 17.2 Å². The van der Waals surface area contributed by atoms with Crippen LogP contribution in [0, 0.1) is 0 Å². The molecule has 2 heterocycles. The van der Waals surface area contributed by atoms with Crippen molar-refractivity contribution in [1.82, 2.24) is 4.57 Å². The van der Waals surface area contributed by atoms with Crippen molar-refractivity contribution in [2.24, 2.45) is 4.99 Å². The van der Waals surface area contributed by atoms with Gasteiger partial charge in [0.05, 0.1) is 28.3 Å². The summed E-state index contributed by atoms with van der Waals surface area (Å²) in [6, 6.07) is 17.3. The molecule has 0 unspecified atom stereocenters. The van der Waals surface area contributed by atoms with Crippen molar-refractivity contribution in [3.63, 3.8) is 0 Å². The maximum atomic E-state index is 13.6. The van der Waals surface area contributed by atoms with Gasteiger partial charge in [-0.25, -0.2) is 9.79 Å². The zero-order valence-corrected chi connectivity index (χ0v) is 25.9. The van der Waals surface area contributed by atoms with E-state index in [0.29, 0.717) is 45.8 Å². The second-order valence-corrected chi connectivity index (χ2v) is 11.4. The van der Waals surface area contributed by atoms with E-state index < -0.39 is 17.6 Å². The van der Waals surface area contributed by atoms with Crippen LogP contribution in [0.2, 0.25) is 10.0 Å². The molecule has 0 aliphatic carbocycles. The highest BCUT2D eigenvalue weighted by Gasteiger charge is 2.32. The number of hydrogen-bond acceptors (Lipinski definition) is 8. The van der Waals surface area contributed by atoms with E-state index in [-0.39, 0.29) is 33.0 Å². The van der Waals surface area contributed by atoms with Crippen LogP contribution in [0.4, 0.5) is 0 Å². The summed E-state index contributed by atoms with van der Waals surface area (Å²) in [6.07, 6.45) is 1.50. The largest absolute Gasteiger partial charge is 0.506 e. The molecule has 1 aromatic heterocycles. The smallest absolute Gasteiger partial charge is 0.338 e. The van der Waals surface area contributed by atoms with Gasteiger partial charge in [0.15, 0.2) is 16.3 Å². The first kappa shape index (κ1) is 30.4. The highest BCUT2D eigenvalue weighted by molar-refractivity contribution is 7.07. The molecule has 0 fully saturated rings. The Balaban J connectivity index is 1.62. The molecular weight excluding hydrogens is 611 g/mol. The fourth-order valence-electron chi connectivity index (χ4n) is 4.71. The van der Waals surface area contributed by atoms with E-state index in [1.807, 2.05) is 43.3 Å². The highest BCUT2D eigenvalue weighted by atomic mass is 35.5. The normalized spacial score (nSPS) is 14.7. The first-order valence-corrected chi connectivity index (χ1v) is 15.1. The summed E-state index contributed by atoms with van der Waals surface area (Å²) in [5, 5.41) is 10.8. The quantitative estimate of drug-likeness (QED) is 0.229. The maximum absolute atomic E-state index is 13.6. The number of phenolic OH excluding ortho intramolecular Hbond substituents is 1. The number of rotatable bonds is 9. The van der Waals surface area contributed by atoms with Gasteiger partial charge in [0.2, 0.25) is 0 Å². The minimum Gasteiger partial charge on any atom is -0.506 e. The van der Waals surface area contributed by atoms with Gasteiger partial charge in [-0.2, -0.15) is 0 Å². The van der Waals surface area contributed by atoms with Gasteiger partial charge < -0.3 is 19.3 Å². The van der Waals surface area contributed by atoms with E-state index in [9.17, 15) is 14.7 Å². The molecule has 0 saturated carbocycles. The Labute approximate surface area is 261 Å². The monoisotopic (exact) mass is 638 g/mol. The van der Waals surface area contributed by atoms with Crippen LogP contribution in [-0.4, -0.2) is 28.9 Å². The van der Waals surface area contributed by atoms with Gasteiger partial charge in [-0.1, -0.05) is 70.9 Å². The number of carbonyl (C=O) groups is 1. The van der Waals surface area contributed by atoms with Gasteiger partial charge in [0.1, 0.15) is 18.4 Å². The number of halogens is 2. The lowest BCUT2D eigenvalue weighted by Crippen LogP contribution is -2.35. The lowest BCUT2D eigenvalue weighted by Gasteiger charge is -2.23. The molecule has 1 aliphatic heterocycles. The molecule has 3 aromatic carbocycles. The third-order valence-corrected chi connectivity index (χ3v) is 8.19. The molecule has 1 aliphatic rings. The Bertz CT molecular complexity index is 1900. The number of aromatic hydroxyl groups is 1. The number of fused-ring (bicyclic) bond motifs is 1. The van der Waals surface area contributed by atoms with E-state index in [1.54, 1.807) is 26.0 Å². The van der Waals surface area contributed by atoms with Gasteiger partial charge in [0.25, 0.3) is 5.56 Å². The molecule has 222 valence electrons. The number of nitrogens with zero attached hydrogens (tertiary/aromatic N) is 2. The minimum atomic E-state index is -0.777. The van der Waals surface area contributed by atoms with Crippen molar-refractivity contribution in [2.75, 3.05) is 13.2 Å². The van der Waals surface area contributed by atoms with Crippen molar-refractivity contribution in [3.8, 4) is 17.2 Å². The number of allylic oxidation sites excluding steroid dienone is 1. The summed E-state index contributed by atoms with van der Waals surface area (Å²) < 4.78 is 19.0. The van der Waals surface area contributed by atoms with Crippen LogP contribution in [0.25, 0.3) is 11.8 Å². The molecule has 8 nitrogen and oxygen atoms in total. The molecule has 43 heavy (non-hydrogen) atoms. The van der Waals surface area contributed by atoms with Crippen LogP contribution in [-0.2, 0) is 16.1 Å². The van der Waals surface area contributed by atoms with Crippen LogP contribution in [0.3, 0.4) is 0 Å². The van der Waals surface area contributed by atoms with Crippen LogP contribution >= 0.6 is 34.5 Å². The molecule has 0 bridgehead atoms. The lowest BCUT2D eigenvalue weighted by molar-refractivity contribution is -0.138. The van der Waals surface area contributed by atoms with Crippen molar-refractivity contribution in [3.05, 3.63) is 113 Å². The summed E-state index contributed by atoms with van der Waals surface area (Å²) >= 11 is 13.3. The third-order valence-electron chi connectivity index (χ3n) is 6.70. The predicted molar refractivity (Wildman–Crippen MR) is 168 cm³/mol. The van der Waals surface area contributed by atoms with Gasteiger partial charge in [-0.05, 0) is 62.2 Å². The van der Waals surface area contributed by atoms with Gasteiger partial charge >= 0.3 is 5.97 Å². The second kappa shape index (κ2) is 13.1. The van der Waals surface area contributed by atoms with Crippen LogP contribution in [0.1, 0.15) is 43.5 Å². The number of hydrogen-bond donors (Lipinski definition) is 1. The van der Waals surface area contributed by atoms with Crippen molar-refractivity contribution in [1.29, 1.82) is 0 Å². The average Bonchev–Trinajstić information content (AvgIpc) is 3.30. The molecule has 1 atom stereocenters. The summed E-state index contributed by atoms with van der Waals surface area (Å²) in [6.45, 7) is 6.18. The summed E-state index contributed by atoms with van der Waals surface area (Å²) in [5.41, 5.74) is 2.17. The zero-order valence-electron chi connectivity index (χ0n) is 23.6. The fraction of sp³-hybridized carbons (Fsp3) is 0.219. The molecule has 0 amide bonds. The Kier molecular flexibility index (Phi) is 9.25. The first-order chi connectivity index (χ1) is 20.7.